The Labute approximate surface area is 98.2 Å². The Bertz CT molecular complexity index is 160. The van der Waals surface area contributed by atoms with Crippen molar-refractivity contribution in [3.8, 4) is 0 Å². The quantitative estimate of drug-likeness (QED) is 0.735. The van der Waals surface area contributed by atoms with E-state index in [0.29, 0.717) is 6.04 Å². The predicted octanol–water partition coefficient (Wildman–Crippen LogP) is 2.27. The molecule has 1 rings (SSSR count). The molecule has 1 saturated carbocycles. The Hall–Kier alpha value is 0.270. The SMILES string of the molecule is CNC(CC1CCCCC1)C(O)CSC. The van der Waals surface area contributed by atoms with Crippen LogP contribution in [0.3, 0.4) is 0 Å². The predicted molar refractivity (Wildman–Crippen MR) is 68.4 cm³/mol. The van der Waals surface area contributed by atoms with Gasteiger partial charge in [0, 0.05) is 11.8 Å². The van der Waals surface area contributed by atoms with Crippen LogP contribution in [0.15, 0.2) is 0 Å². The highest BCUT2D eigenvalue weighted by atomic mass is 32.2. The molecule has 0 heterocycles. The standard InChI is InChI=1S/C12H25NOS/c1-13-11(12(14)9-15-2)8-10-6-4-3-5-7-10/h10-14H,3-9H2,1-2H3. The Morgan fingerprint density at radius 1 is 1.33 bits per heavy atom. The van der Waals surface area contributed by atoms with Crippen LogP contribution >= 0.6 is 11.8 Å². The van der Waals surface area contributed by atoms with Gasteiger partial charge in [0.25, 0.3) is 0 Å². The first-order chi connectivity index (χ1) is 7.27. The van der Waals surface area contributed by atoms with Gasteiger partial charge in [0.2, 0.25) is 0 Å². The van der Waals surface area contributed by atoms with Crippen molar-refractivity contribution in [3.63, 3.8) is 0 Å². The molecule has 2 nitrogen and oxygen atoms in total. The number of rotatable bonds is 6. The van der Waals surface area contributed by atoms with Crippen LogP contribution in [0.5, 0.6) is 0 Å². The summed E-state index contributed by atoms with van der Waals surface area (Å²) in [5.41, 5.74) is 0. The minimum absolute atomic E-state index is 0.188. The van der Waals surface area contributed by atoms with Gasteiger partial charge in [0.1, 0.15) is 0 Å². The molecule has 0 bridgehead atoms. The van der Waals surface area contributed by atoms with Crippen molar-refractivity contribution in [2.75, 3.05) is 19.1 Å². The fourth-order valence-corrected chi connectivity index (χ4v) is 3.11. The number of nitrogens with one attached hydrogen (secondary N) is 1. The van der Waals surface area contributed by atoms with Gasteiger partial charge >= 0.3 is 0 Å². The fraction of sp³-hybridized carbons (Fsp3) is 1.00. The van der Waals surface area contributed by atoms with Crippen molar-refractivity contribution in [1.82, 2.24) is 5.32 Å². The molecule has 0 aromatic rings. The zero-order chi connectivity index (χ0) is 11.1. The number of hydrogen-bond acceptors (Lipinski definition) is 3. The fourth-order valence-electron chi connectivity index (χ4n) is 2.54. The number of hydrogen-bond donors (Lipinski definition) is 2. The third-order valence-electron chi connectivity index (χ3n) is 3.48. The molecule has 0 aliphatic heterocycles. The van der Waals surface area contributed by atoms with Crippen molar-refractivity contribution in [2.45, 2.75) is 50.7 Å². The van der Waals surface area contributed by atoms with Crippen LogP contribution in [0.1, 0.15) is 38.5 Å². The summed E-state index contributed by atoms with van der Waals surface area (Å²) < 4.78 is 0. The third-order valence-corrected chi connectivity index (χ3v) is 4.16. The normalized spacial score (nSPS) is 22.6. The minimum atomic E-state index is -0.188. The molecule has 1 fully saturated rings. The molecule has 90 valence electrons. The summed E-state index contributed by atoms with van der Waals surface area (Å²) in [7, 11) is 1.97. The Morgan fingerprint density at radius 2 is 2.00 bits per heavy atom. The molecule has 2 atom stereocenters. The molecular weight excluding hydrogens is 206 g/mol. The maximum Gasteiger partial charge on any atom is 0.0783 e. The number of likely N-dealkylation sites (N-methyl/N-ethyl adjacent to an activating group) is 1. The number of thioether (sulfide) groups is 1. The highest BCUT2D eigenvalue weighted by molar-refractivity contribution is 7.98. The molecule has 0 aromatic carbocycles. The summed E-state index contributed by atoms with van der Waals surface area (Å²) in [6.45, 7) is 0. The highest BCUT2D eigenvalue weighted by Crippen LogP contribution is 2.28. The van der Waals surface area contributed by atoms with Crippen LogP contribution in [0.2, 0.25) is 0 Å². The summed E-state index contributed by atoms with van der Waals surface area (Å²) in [4.78, 5) is 0. The molecule has 0 aromatic heterocycles. The van der Waals surface area contributed by atoms with E-state index in [0.717, 1.165) is 18.1 Å². The van der Waals surface area contributed by atoms with Crippen LogP contribution < -0.4 is 5.32 Å². The molecular formula is C12H25NOS. The zero-order valence-corrected chi connectivity index (χ0v) is 10.9. The monoisotopic (exact) mass is 231 g/mol. The molecule has 0 spiro atoms. The summed E-state index contributed by atoms with van der Waals surface area (Å²) in [5.74, 6) is 1.69. The maximum atomic E-state index is 9.96. The molecule has 2 N–H and O–H groups in total. The maximum absolute atomic E-state index is 9.96. The first kappa shape index (κ1) is 13.3. The average molecular weight is 231 g/mol. The van der Waals surface area contributed by atoms with Gasteiger partial charge in [-0.3, -0.25) is 0 Å². The zero-order valence-electron chi connectivity index (χ0n) is 10.0. The van der Waals surface area contributed by atoms with Crippen molar-refractivity contribution in [1.29, 1.82) is 0 Å². The molecule has 15 heavy (non-hydrogen) atoms. The topological polar surface area (TPSA) is 32.3 Å². The van der Waals surface area contributed by atoms with E-state index in [1.807, 2.05) is 7.05 Å². The minimum Gasteiger partial charge on any atom is -0.391 e. The second-order valence-corrected chi connectivity index (χ2v) is 5.57. The highest BCUT2D eigenvalue weighted by Gasteiger charge is 2.22. The smallest absolute Gasteiger partial charge is 0.0783 e. The lowest BCUT2D eigenvalue weighted by atomic mass is 9.84. The molecule has 2 unspecified atom stereocenters. The van der Waals surface area contributed by atoms with E-state index < -0.39 is 0 Å². The van der Waals surface area contributed by atoms with Crippen molar-refractivity contribution < 1.29 is 5.11 Å². The van der Waals surface area contributed by atoms with Crippen molar-refractivity contribution in [3.05, 3.63) is 0 Å². The van der Waals surface area contributed by atoms with E-state index in [9.17, 15) is 5.11 Å². The lowest BCUT2D eigenvalue weighted by Gasteiger charge is -2.29. The number of aliphatic hydroxyl groups excluding tert-OH is 1. The van der Waals surface area contributed by atoms with Gasteiger partial charge in [-0.05, 0) is 25.6 Å². The average Bonchev–Trinajstić information content (AvgIpc) is 2.27. The molecule has 0 radical (unpaired) electrons. The van der Waals surface area contributed by atoms with Crippen molar-refractivity contribution in [2.24, 2.45) is 5.92 Å². The first-order valence-corrected chi connectivity index (χ1v) is 7.51. The summed E-state index contributed by atoms with van der Waals surface area (Å²) in [6.07, 6.45) is 9.93. The van der Waals surface area contributed by atoms with Gasteiger partial charge in [-0.15, -0.1) is 0 Å². The molecule has 3 heteroatoms. The van der Waals surface area contributed by atoms with Gasteiger partial charge in [-0.1, -0.05) is 32.1 Å². The molecule has 1 aliphatic rings. The second-order valence-electron chi connectivity index (χ2n) is 4.66. The number of aliphatic hydroxyl groups is 1. The lowest BCUT2D eigenvalue weighted by molar-refractivity contribution is 0.132. The first-order valence-electron chi connectivity index (χ1n) is 6.12. The lowest BCUT2D eigenvalue weighted by Crippen LogP contribution is -2.40. The van der Waals surface area contributed by atoms with E-state index in [1.165, 1.54) is 32.1 Å². The Balaban J connectivity index is 2.30. The largest absolute Gasteiger partial charge is 0.391 e. The third kappa shape index (κ3) is 4.75. The van der Waals surface area contributed by atoms with Gasteiger partial charge in [-0.2, -0.15) is 11.8 Å². The summed E-state index contributed by atoms with van der Waals surface area (Å²) in [5, 5.41) is 13.2. The Kier molecular flexibility index (Phi) is 6.69. The van der Waals surface area contributed by atoms with Gasteiger partial charge in [0.05, 0.1) is 6.10 Å². The Morgan fingerprint density at radius 3 is 2.53 bits per heavy atom. The second kappa shape index (κ2) is 7.53. The van der Waals surface area contributed by atoms with Crippen LogP contribution in [0.4, 0.5) is 0 Å². The van der Waals surface area contributed by atoms with Gasteiger partial charge < -0.3 is 10.4 Å². The van der Waals surface area contributed by atoms with E-state index >= 15 is 0 Å². The summed E-state index contributed by atoms with van der Waals surface area (Å²) >= 11 is 1.73. The van der Waals surface area contributed by atoms with Crippen LogP contribution in [-0.4, -0.2) is 36.3 Å². The van der Waals surface area contributed by atoms with E-state index in [-0.39, 0.29) is 6.10 Å². The van der Waals surface area contributed by atoms with Crippen LogP contribution in [-0.2, 0) is 0 Å². The van der Waals surface area contributed by atoms with E-state index in [4.69, 9.17) is 0 Å². The molecule has 1 aliphatic carbocycles. The van der Waals surface area contributed by atoms with E-state index in [2.05, 4.69) is 11.6 Å². The van der Waals surface area contributed by atoms with Crippen LogP contribution in [0, 0.1) is 5.92 Å². The summed E-state index contributed by atoms with van der Waals surface area (Å²) in [6, 6.07) is 0.292. The van der Waals surface area contributed by atoms with E-state index in [1.54, 1.807) is 11.8 Å². The van der Waals surface area contributed by atoms with Gasteiger partial charge in [-0.25, -0.2) is 0 Å². The van der Waals surface area contributed by atoms with Crippen LogP contribution in [0.25, 0.3) is 0 Å². The van der Waals surface area contributed by atoms with Gasteiger partial charge in [0.15, 0.2) is 0 Å². The van der Waals surface area contributed by atoms with Crippen molar-refractivity contribution >= 4 is 11.8 Å². The molecule has 0 saturated heterocycles. The molecule has 0 amide bonds.